The highest BCUT2D eigenvalue weighted by atomic mass is 35.5. The van der Waals surface area contributed by atoms with E-state index >= 15 is 0 Å². The van der Waals surface area contributed by atoms with Crippen LogP contribution < -0.4 is 5.73 Å². The van der Waals surface area contributed by atoms with Crippen molar-refractivity contribution >= 4 is 46.9 Å². The highest BCUT2D eigenvalue weighted by molar-refractivity contribution is 7.15. The van der Waals surface area contributed by atoms with E-state index in [2.05, 4.69) is 4.98 Å². The van der Waals surface area contributed by atoms with Crippen molar-refractivity contribution in [3.63, 3.8) is 0 Å². The Kier molecular flexibility index (Phi) is 4.40. The molecule has 6 heteroatoms. The Labute approximate surface area is 115 Å². The van der Waals surface area contributed by atoms with Crippen LogP contribution in [0.2, 0.25) is 0 Å². The molecule has 0 spiro atoms. The van der Waals surface area contributed by atoms with Crippen LogP contribution in [0.5, 0.6) is 0 Å². The number of hydrogen-bond donors (Lipinski definition) is 1. The van der Waals surface area contributed by atoms with Gasteiger partial charge in [0.1, 0.15) is 11.5 Å². The van der Waals surface area contributed by atoms with Crippen LogP contribution in [0.1, 0.15) is 0 Å². The average molecular weight is 288 g/mol. The van der Waals surface area contributed by atoms with Crippen molar-refractivity contribution in [2.24, 2.45) is 0 Å². The summed E-state index contributed by atoms with van der Waals surface area (Å²) < 4.78 is 1.91. The first kappa shape index (κ1) is 13.8. The summed E-state index contributed by atoms with van der Waals surface area (Å²) in [6.07, 6.45) is 1.94. The number of nitrogen functional groups attached to an aromatic ring is 1. The van der Waals surface area contributed by atoms with Crippen molar-refractivity contribution in [1.82, 2.24) is 9.38 Å². The molecular formula is C11H11Cl2N3S. The lowest BCUT2D eigenvalue weighted by atomic mass is 10.1. The van der Waals surface area contributed by atoms with Crippen LogP contribution in [-0.2, 0) is 0 Å². The first-order chi connectivity index (χ1) is 7.36. The van der Waals surface area contributed by atoms with Crippen LogP contribution in [0.3, 0.4) is 0 Å². The molecular weight excluding hydrogens is 277 g/mol. The molecule has 3 nitrogen and oxygen atoms in total. The van der Waals surface area contributed by atoms with Gasteiger partial charge in [-0.1, -0.05) is 30.3 Å². The molecule has 2 aromatic heterocycles. The largest absolute Gasteiger partial charge is 0.383 e. The quantitative estimate of drug-likeness (QED) is 0.745. The predicted molar refractivity (Wildman–Crippen MR) is 77.4 cm³/mol. The zero-order chi connectivity index (χ0) is 10.3. The topological polar surface area (TPSA) is 43.3 Å². The summed E-state index contributed by atoms with van der Waals surface area (Å²) in [6.45, 7) is 0. The second-order valence-electron chi connectivity index (χ2n) is 3.27. The van der Waals surface area contributed by atoms with E-state index in [4.69, 9.17) is 5.73 Å². The number of imidazole rings is 1. The lowest BCUT2D eigenvalue weighted by Crippen LogP contribution is -1.91. The molecule has 0 fully saturated rings. The number of halogens is 2. The zero-order valence-electron chi connectivity index (χ0n) is 8.74. The van der Waals surface area contributed by atoms with Crippen LogP contribution in [0, 0.1) is 0 Å². The fourth-order valence-electron chi connectivity index (χ4n) is 1.61. The molecule has 0 aliphatic heterocycles. The standard InChI is InChI=1S/C11H9N3S.2ClH/c12-10-9(8-4-2-1-3-5-8)13-11-14(10)6-7-15-11;;/h1-7H,12H2;2*1H. The van der Waals surface area contributed by atoms with Crippen molar-refractivity contribution in [3.8, 4) is 11.3 Å². The van der Waals surface area contributed by atoms with E-state index < -0.39 is 0 Å². The van der Waals surface area contributed by atoms with Gasteiger partial charge in [-0.05, 0) is 0 Å². The zero-order valence-corrected chi connectivity index (χ0v) is 11.2. The van der Waals surface area contributed by atoms with E-state index in [1.165, 1.54) is 0 Å². The summed E-state index contributed by atoms with van der Waals surface area (Å²) in [6, 6.07) is 9.99. The summed E-state index contributed by atoms with van der Waals surface area (Å²) >= 11 is 1.59. The maximum Gasteiger partial charge on any atom is 0.195 e. The van der Waals surface area contributed by atoms with Gasteiger partial charge in [-0.2, -0.15) is 0 Å². The van der Waals surface area contributed by atoms with Crippen molar-refractivity contribution in [2.75, 3.05) is 5.73 Å². The number of hydrogen-bond acceptors (Lipinski definition) is 3. The highest BCUT2D eigenvalue weighted by Crippen LogP contribution is 2.27. The first-order valence-electron chi connectivity index (χ1n) is 4.63. The van der Waals surface area contributed by atoms with Crippen molar-refractivity contribution in [2.45, 2.75) is 0 Å². The van der Waals surface area contributed by atoms with Gasteiger partial charge >= 0.3 is 0 Å². The summed E-state index contributed by atoms with van der Waals surface area (Å²) in [4.78, 5) is 5.44. The predicted octanol–water partition coefficient (Wildman–Crippen LogP) is 3.49. The molecule has 2 heterocycles. The van der Waals surface area contributed by atoms with E-state index in [-0.39, 0.29) is 24.8 Å². The Morgan fingerprint density at radius 2 is 1.82 bits per heavy atom. The van der Waals surface area contributed by atoms with Gasteiger partial charge in [0.15, 0.2) is 4.96 Å². The fourth-order valence-corrected chi connectivity index (χ4v) is 2.33. The molecule has 0 radical (unpaired) electrons. The molecule has 0 bridgehead atoms. The van der Waals surface area contributed by atoms with Gasteiger partial charge in [-0.25, -0.2) is 4.98 Å². The van der Waals surface area contributed by atoms with Gasteiger partial charge in [0.05, 0.1) is 0 Å². The molecule has 0 atom stereocenters. The number of fused-ring (bicyclic) bond motifs is 1. The third-order valence-electron chi connectivity index (χ3n) is 2.35. The molecule has 1 aromatic carbocycles. The number of nitrogens with zero attached hydrogens (tertiary/aromatic N) is 2. The molecule has 2 N–H and O–H groups in total. The Balaban J connectivity index is 0.000000722. The van der Waals surface area contributed by atoms with E-state index in [1.54, 1.807) is 11.3 Å². The Morgan fingerprint density at radius 1 is 1.12 bits per heavy atom. The summed E-state index contributed by atoms with van der Waals surface area (Å²) in [7, 11) is 0. The molecule has 0 saturated carbocycles. The van der Waals surface area contributed by atoms with Crippen molar-refractivity contribution < 1.29 is 0 Å². The summed E-state index contributed by atoms with van der Waals surface area (Å²) in [5, 5.41) is 1.98. The van der Waals surface area contributed by atoms with E-state index in [9.17, 15) is 0 Å². The average Bonchev–Trinajstić information content (AvgIpc) is 2.83. The molecule has 90 valence electrons. The fraction of sp³-hybridized carbons (Fsp3) is 0. The summed E-state index contributed by atoms with van der Waals surface area (Å²) in [5.74, 6) is 0.706. The lowest BCUT2D eigenvalue weighted by molar-refractivity contribution is 1.24. The maximum absolute atomic E-state index is 6.02. The Hall–Kier alpha value is -1.23. The van der Waals surface area contributed by atoms with Gasteiger partial charge in [0.2, 0.25) is 0 Å². The van der Waals surface area contributed by atoms with Crippen LogP contribution in [0.4, 0.5) is 5.82 Å². The molecule has 0 aliphatic rings. The number of aromatic nitrogens is 2. The Morgan fingerprint density at radius 3 is 2.47 bits per heavy atom. The first-order valence-corrected chi connectivity index (χ1v) is 5.50. The van der Waals surface area contributed by atoms with Gasteiger partial charge < -0.3 is 5.73 Å². The highest BCUT2D eigenvalue weighted by Gasteiger charge is 2.10. The maximum atomic E-state index is 6.02. The molecule has 17 heavy (non-hydrogen) atoms. The number of thiazole rings is 1. The van der Waals surface area contributed by atoms with Gasteiger partial charge in [0.25, 0.3) is 0 Å². The number of rotatable bonds is 1. The minimum absolute atomic E-state index is 0. The third kappa shape index (κ3) is 2.24. The summed E-state index contributed by atoms with van der Waals surface area (Å²) in [5.41, 5.74) is 7.95. The Bertz CT molecular complexity index is 603. The van der Waals surface area contributed by atoms with Gasteiger partial charge in [-0.3, -0.25) is 4.40 Å². The van der Waals surface area contributed by atoms with E-state index in [1.807, 2.05) is 46.3 Å². The number of anilines is 1. The molecule has 3 aromatic rings. The monoisotopic (exact) mass is 287 g/mol. The minimum atomic E-state index is 0. The van der Waals surface area contributed by atoms with Crippen LogP contribution in [-0.4, -0.2) is 9.38 Å². The molecule has 0 saturated heterocycles. The smallest absolute Gasteiger partial charge is 0.195 e. The molecule has 0 aliphatic carbocycles. The molecule has 0 unspecified atom stereocenters. The number of nitrogens with two attached hydrogens (primary N) is 1. The van der Waals surface area contributed by atoms with Crippen LogP contribution >= 0.6 is 36.2 Å². The van der Waals surface area contributed by atoms with Crippen LogP contribution in [0.25, 0.3) is 16.2 Å². The van der Waals surface area contributed by atoms with Crippen LogP contribution in [0.15, 0.2) is 41.9 Å². The van der Waals surface area contributed by atoms with Gasteiger partial charge in [-0.15, -0.1) is 36.2 Å². The SMILES string of the molecule is Cl.Cl.Nc1c(-c2ccccc2)nc2sccn12. The van der Waals surface area contributed by atoms with Gasteiger partial charge in [0, 0.05) is 17.1 Å². The van der Waals surface area contributed by atoms with Crippen molar-refractivity contribution in [3.05, 3.63) is 41.9 Å². The molecule has 0 amide bonds. The lowest BCUT2D eigenvalue weighted by Gasteiger charge is -1.97. The normalized spacial score (nSPS) is 9.65. The second kappa shape index (κ2) is 5.40. The third-order valence-corrected chi connectivity index (χ3v) is 3.10. The van der Waals surface area contributed by atoms with E-state index in [0.29, 0.717) is 5.82 Å². The minimum Gasteiger partial charge on any atom is -0.383 e. The van der Waals surface area contributed by atoms with E-state index in [0.717, 1.165) is 16.2 Å². The second-order valence-corrected chi connectivity index (χ2v) is 4.14. The van der Waals surface area contributed by atoms with Crippen molar-refractivity contribution in [1.29, 1.82) is 0 Å². The molecule has 3 rings (SSSR count). The number of benzene rings is 1.